The van der Waals surface area contributed by atoms with E-state index in [-0.39, 0.29) is 0 Å². The van der Waals surface area contributed by atoms with Gasteiger partial charge < -0.3 is 4.90 Å². The Balaban J connectivity index is 1.02. The van der Waals surface area contributed by atoms with Crippen LogP contribution in [-0.2, 0) is 17.8 Å². The first kappa shape index (κ1) is 20.3. The van der Waals surface area contributed by atoms with Crippen molar-refractivity contribution in [1.82, 2.24) is 24.7 Å². The largest absolute Gasteiger partial charge is 0.339 e. The lowest BCUT2D eigenvalue weighted by atomic mass is 9.93. The molecule has 3 fully saturated rings. The molecule has 6 nitrogen and oxygen atoms in total. The van der Waals surface area contributed by atoms with E-state index in [1.54, 1.807) is 6.33 Å². The molecule has 0 N–H and O–H groups in total. The van der Waals surface area contributed by atoms with Crippen LogP contribution in [0.3, 0.4) is 0 Å². The summed E-state index contributed by atoms with van der Waals surface area (Å²) < 4.78 is 0. The van der Waals surface area contributed by atoms with Crippen LogP contribution in [0.15, 0.2) is 36.9 Å². The summed E-state index contributed by atoms with van der Waals surface area (Å²) in [6.45, 7) is 6.28. The van der Waals surface area contributed by atoms with Crippen LogP contribution in [0, 0.1) is 11.8 Å². The molecule has 4 aliphatic rings. The number of hydrogen-bond donors (Lipinski definition) is 0. The summed E-state index contributed by atoms with van der Waals surface area (Å²) in [5.74, 6) is 2.23. The SMILES string of the molecule is O=C(CN1CCc2cc(-c3cncnc3)ccc2C1)N1CCN(C2C[C@H]3CC[C@@H]2C3)CC1. The normalized spacial score (nSPS) is 28.1. The van der Waals surface area contributed by atoms with Gasteiger partial charge in [-0.2, -0.15) is 0 Å². The molecule has 2 bridgehead atoms. The van der Waals surface area contributed by atoms with E-state index >= 15 is 0 Å². The van der Waals surface area contributed by atoms with Crippen LogP contribution >= 0.6 is 0 Å². The quantitative estimate of drug-likeness (QED) is 0.745. The Bertz CT molecular complexity index is 971. The Hall–Kier alpha value is -2.31. The molecule has 1 unspecified atom stereocenters. The number of rotatable bonds is 4. The number of benzene rings is 1. The second-order valence-electron chi connectivity index (χ2n) is 10.2. The summed E-state index contributed by atoms with van der Waals surface area (Å²) in [5.41, 5.74) is 4.94. The van der Waals surface area contributed by atoms with Crippen molar-refractivity contribution in [2.24, 2.45) is 11.8 Å². The molecule has 0 radical (unpaired) electrons. The molecule has 6 rings (SSSR count). The molecular formula is C26H33N5O. The maximum atomic E-state index is 13.0. The van der Waals surface area contributed by atoms with Gasteiger partial charge in [0.1, 0.15) is 6.33 Å². The van der Waals surface area contributed by atoms with Crippen molar-refractivity contribution in [1.29, 1.82) is 0 Å². The van der Waals surface area contributed by atoms with Gasteiger partial charge in [0.15, 0.2) is 0 Å². The van der Waals surface area contributed by atoms with Crippen LogP contribution in [-0.4, -0.2) is 75.9 Å². The third kappa shape index (κ3) is 3.95. The second kappa shape index (κ2) is 8.56. The number of carbonyl (C=O) groups excluding carboxylic acids is 1. The zero-order valence-corrected chi connectivity index (χ0v) is 18.8. The zero-order valence-electron chi connectivity index (χ0n) is 18.8. The van der Waals surface area contributed by atoms with Gasteiger partial charge in [0.2, 0.25) is 5.91 Å². The van der Waals surface area contributed by atoms with Gasteiger partial charge in [-0.3, -0.25) is 14.6 Å². The van der Waals surface area contributed by atoms with Gasteiger partial charge in [-0.15, -0.1) is 0 Å². The third-order valence-corrected chi connectivity index (χ3v) is 8.39. The van der Waals surface area contributed by atoms with Crippen LogP contribution in [0.1, 0.15) is 36.8 Å². The lowest BCUT2D eigenvalue weighted by Gasteiger charge is -2.41. The first-order valence-corrected chi connectivity index (χ1v) is 12.3. The van der Waals surface area contributed by atoms with Gasteiger partial charge in [-0.25, -0.2) is 9.97 Å². The van der Waals surface area contributed by atoms with E-state index in [1.165, 1.54) is 42.4 Å². The number of carbonyl (C=O) groups is 1. The molecule has 2 aliphatic carbocycles. The van der Waals surface area contributed by atoms with Gasteiger partial charge in [0.05, 0.1) is 6.54 Å². The van der Waals surface area contributed by atoms with Crippen molar-refractivity contribution in [3.05, 3.63) is 48.0 Å². The Labute approximate surface area is 190 Å². The molecule has 2 saturated carbocycles. The highest BCUT2D eigenvalue weighted by molar-refractivity contribution is 5.78. The van der Waals surface area contributed by atoms with Crippen LogP contribution in [0.4, 0.5) is 0 Å². The molecule has 1 amide bonds. The lowest BCUT2D eigenvalue weighted by molar-refractivity contribution is -0.134. The summed E-state index contributed by atoms with van der Waals surface area (Å²) in [6, 6.07) is 7.43. The average molecular weight is 432 g/mol. The summed E-state index contributed by atoms with van der Waals surface area (Å²) in [5, 5.41) is 0. The van der Waals surface area contributed by atoms with E-state index in [1.807, 2.05) is 12.4 Å². The van der Waals surface area contributed by atoms with Crippen LogP contribution < -0.4 is 0 Å². The standard InChI is InChI=1S/C26H33N5O/c32-26(31-9-7-30(8-10-31)25-12-19-1-2-22(25)11-19)17-29-6-5-21-13-20(3-4-23(21)16-29)24-14-27-18-28-15-24/h3-4,13-15,18-19,22,25H,1-2,5-12,16-17H2/t19-,22+,25?/m0/s1. The van der Waals surface area contributed by atoms with Crippen LogP contribution in [0.2, 0.25) is 0 Å². The molecular weight excluding hydrogens is 398 g/mol. The number of amides is 1. The van der Waals surface area contributed by atoms with E-state index < -0.39 is 0 Å². The predicted octanol–water partition coefficient (Wildman–Crippen LogP) is 2.83. The Morgan fingerprint density at radius 1 is 0.938 bits per heavy atom. The molecule has 1 aromatic carbocycles. The van der Waals surface area contributed by atoms with Gasteiger partial charge in [-0.05, 0) is 54.2 Å². The highest BCUT2D eigenvalue weighted by atomic mass is 16.2. The van der Waals surface area contributed by atoms with Crippen molar-refractivity contribution >= 4 is 5.91 Å². The minimum atomic E-state index is 0.305. The topological polar surface area (TPSA) is 52.6 Å². The summed E-state index contributed by atoms with van der Waals surface area (Å²) >= 11 is 0. The van der Waals surface area contributed by atoms with Crippen molar-refractivity contribution in [3.8, 4) is 11.1 Å². The number of piperazine rings is 1. The van der Waals surface area contributed by atoms with E-state index in [0.29, 0.717) is 12.5 Å². The molecule has 6 heteroatoms. The lowest BCUT2D eigenvalue weighted by Crippen LogP contribution is -2.54. The summed E-state index contributed by atoms with van der Waals surface area (Å²) in [4.78, 5) is 28.4. The van der Waals surface area contributed by atoms with Crippen molar-refractivity contribution in [2.75, 3.05) is 39.3 Å². The smallest absolute Gasteiger partial charge is 0.236 e. The maximum absolute atomic E-state index is 13.0. The summed E-state index contributed by atoms with van der Waals surface area (Å²) in [6.07, 6.45) is 12.0. The Morgan fingerprint density at radius 3 is 2.53 bits per heavy atom. The fraction of sp³-hybridized carbons (Fsp3) is 0.577. The molecule has 0 spiro atoms. The molecule has 2 aromatic rings. The number of nitrogens with zero attached hydrogens (tertiary/aromatic N) is 5. The van der Waals surface area contributed by atoms with Crippen molar-refractivity contribution in [3.63, 3.8) is 0 Å². The molecule has 1 saturated heterocycles. The van der Waals surface area contributed by atoms with Gasteiger partial charge in [0.25, 0.3) is 0 Å². The number of fused-ring (bicyclic) bond motifs is 3. The third-order valence-electron chi connectivity index (χ3n) is 8.39. The van der Waals surface area contributed by atoms with Gasteiger partial charge in [0, 0.05) is 63.3 Å². The molecule has 3 heterocycles. The van der Waals surface area contributed by atoms with Crippen molar-refractivity contribution < 1.29 is 4.79 Å². The van der Waals surface area contributed by atoms with E-state index in [4.69, 9.17) is 0 Å². The molecule has 168 valence electrons. The molecule has 2 aliphatic heterocycles. The van der Waals surface area contributed by atoms with E-state index in [2.05, 4.69) is 42.9 Å². The van der Waals surface area contributed by atoms with Crippen molar-refractivity contribution in [2.45, 2.75) is 44.7 Å². The fourth-order valence-electron chi connectivity index (χ4n) is 6.63. The Kier molecular flexibility index (Phi) is 5.43. The van der Waals surface area contributed by atoms with Crippen LogP contribution in [0.5, 0.6) is 0 Å². The minimum Gasteiger partial charge on any atom is -0.339 e. The summed E-state index contributed by atoms with van der Waals surface area (Å²) in [7, 11) is 0. The minimum absolute atomic E-state index is 0.305. The monoisotopic (exact) mass is 431 g/mol. The fourth-order valence-corrected chi connectivity index (χ4v) is 6.63. The second-order valence-corrected chi connectivity index (χ2v) is 10.2. The molecule has 3 atom stereocenters. The maximum Gasteiger partial charge on any atom is 0.236 e. The highest BCUT2D eigenvalue weighted by Gasteiger charge is 2.43. The van der Waals surface area contributed by atoms with Gasteiger partial charge >= 0.3 is 0 Å². The zero-order chi connectivity index (χ0) is 21.5. The highest BCUT2D eigenvalue weighted by Crippen LogP contribution is 2.46. The first-order chi connectivity index (χ1) is 15.7. The number of aromatic nitrogens is 2. The molecule has 32 heavy (non-hydrogen) atoms. The average Bonchev–Trinajstić information content (AvgIpc) is 3.48. The number of hydrogen-bond acceptors (Lipinski definition) is 5. The van der Waals surface area contributed by atoms with E-state index in [0.717, 1.165) is 69.1 Å². The van der Waals surface area contributed by atoms with E-state index in [9.17, 15) is 4.79 Å². The van der Waals surface area contributed by atoms with Gasteiger partial charge in [-0.1, -0.05) is 24.6 Å². The predicted molar refractivity (Wildman–Crippen MR) is 124 cm³/mol. The van der Waals surface area contributed by atoms with Crippen LogP contribution in [0.25, 0.3) is 11.1 Å². The first-order valence-electron chi connectivity index (χ1n) is 12.3. The molecule has 1 aromatic heterocycles. The Morgan fingerprint density at radius 2 is 1.78 bits per heavy atom.